The quantitative estimate of drug-likeness (QED) is 0.587. The Bertz CT molecular complexity index is 223. The highest BCUT2D eigenvalue weighted by molar-refractivity contribution is 5.81. The van der Waals surface area contributed by atoms with Crippen LogP contribution in [0.4, 0.5) is 0 Å². The number of carbonyl (C=O) groups is 1. The Labute approximate surface area is 90.9 Å². The van der Waals surface area contributed by atoms with Crippen LogP contribution in [0, 0.1) is 0 Å². The summed E-state index contributed by atoms with van der Waals surface area (Å²) in [6, 6.07) is -0.0986. The predicted octanol–water partition coefficient (Wildman–Crippen LogP) is -0.829. The Balaban J connectivity index is 2.22. The molecule has 1 saturated heterocycles. The molecule has 1 atom stereocenters. The van der Waals surface area contributed by atoms with Crippen molar-refractivity contribution in [1.82, 2.24) is 10.2 Å². The number of likely N-dealkylation sites (tertiary alicyclic amines) is 1. The number of methoxy groups -OCH3 is 1. The summed E-state index contributed by atoms with van der Waals surface area (Å²) in [4.78, 5) is 13.7. The highest BCUT2D eigenvalue weighted by Crippen LogP contribution is 2.19. The molecule has 1 aliphatic heterocycles. The lowest BCUT2D eigenvalue weighted by Crippen LogP contribution is -2.69. The number of rotatable bonds is 5. The molecular weight excluding hydrogens is 194 g/mol. The lowest BCUT2D eigenvalue weighted by atomic mass is 9.92. The van der Waals surface area contributed by atoms with E-state index in [2.05, 4.69) is 10.2 Å². The largest absolute Gasteiger partial charge is 0.383 e. The molecule has 15 heavy (non-hydrogen) atoms. The fourth-order valence-corrected chi connectivity index (χ4v) is 1.75. The van der Waals surface area contributed by atoms with E-state index < -0.39 is 0 Å². The number of carbonyl (C=O) groups excluding carboxylic acids is 1. The molecule has 1 unspecified atom stereocenters. The molecule has 1 rings (SSSR count). The van der Waals surface area contributed by atoms with E-state index in [0.29, 0.717) is 13.2 Å². The minimum absolute atomic E-state index is 0.0440. The van der Waals surface area contributed by atoms with Gasteiger partial charge >= 0.3 is 0 Å². The van der Waals surface area contributed by atoms with Crippen molar-refractivity contribution in [3.05, 3.63) is 0 Å². The van der Waals surface area contributed by atoms with Crippen LogP contribution in [0.2, 0.25) is 0 Å². The fourth-order valence-electron chi connectivity index (χ4n) is 1.75. The van der Waals surface area contributed by atoms with Crippen molar-refractivity contribution in [3.8, 4) is 0 Å². The Kier molecular flexibility index (Phi) is 4.07. The zero-order chi connectivity index (χ0) is 11.5. The van der Waals surface area contributed by atoms with Crippen molar-refractivity contribution in [3.63, 3.8) is 0 Å². The van der Waals surface area contributed by atoms with Gasteiger partial charge in [0.1, 0.15) is 0 Å². The van der Waals surface area contributed by atoms with Gasteiger partial charge in [-0.2, -0.15) is 0 Å². The van der Waals surface area contributed by atoms with Crippen molar-refractivity contribution in [2.75, 3.05) is 33.4 Å². The van der Waals surface area contributed by atoms with Gasteiger partial charge in [-0.25, -0.2) is 0 Å². The molecule has 1 heterocycles. The van der Waals surface area contributed by atoms with Gasteiger partial charge in [0.2, 0.25) is 5.91 Å². The SMILES string of the molecule is COCCNC(=O)C(C)N1CC(C)(N)C1. The molecule has 88 valence electrons. The average molecular weight is 215 g/mol. The van der Waals surface area contributed by atoms with Crippen LogP contribution in [0.25, 0.3) is 0 Å². The third-order valence-corrected chi connectivity index (χ3v) is 2.66. The third-order valence-electron chi connectivity index (χ3n) is 2.66. The second-order valence-electron chi connectivity index (χ2n) is 4.52. The number of nitrogens with two attached hydrogens (primary N) is 1. The van der Waals surface area contributed by atoms with E-state index in [9.17, 15) is 4.79 Å². The van der Waals surface area contributed by atoms with Crippen LogP contribution >= 0.6 is 0 Å². The first-order chi connectivity index (χ1) is 6.96. The van der Waals surface area contributed by atoms with Crippen LogP contribution in [0.1, 0.15) is 13.8 Å². The maximum Gasteiger partial charge on any atom is 0.237 e. The zero-order valence-corrected chi connectivity index (χ0v) is 9.75. The Morgan fingerprint density at radius 3 is 2.73 bits per heavy atom. The fraction of sp³-hybridized carbons (Fsp3) is 0.900. The van der Waals surface area contributed by atoms with E-state index in [1.54, 1.807) is 7.11 Å². The van der Waals surface area contributed by atoms with Crippen LogP contribution in [0.15, 0.2) is 0 Å². The molecule has 0 aromatic heterocycles. The molecule has 0 bridgehead atoms. The molecule has 0 spiro atoms. The van der Waals surface area contributed by atoms with E-state index in [0.717, 1.165) is 13.1 Å². The van der Waals surface area contributed by atoms with Crippen LogP contribution < -0.4 is 11.1 Å². The summed E-state index contributed by atoms with van der Waals surface area (Å²) >= 11 is 0. The summed E-state index contributed by atoms with van der Waals surface area (Å²) < 4.78 is 4.86. The maximum atomic E-state index is 11.6. The second-order valence-corrected chi connectivity index (χ2v) is 4.52. The Morgan fingerprint density at radius 1 is 1.67 bits per heavy atom. The Morgan fingerprint density at radius 2 is 2.27 bits per heavy atom. The van der Waals surface area contributed by atoms with Gasteiger partial charge in [0, 0.05) is 32.3 Å². The molecule has 0 radical (unpaired) electrons. The van der Waals surface area contributed by atoms with Gasteiger partial charge in [0.25, 0.3) is 0 Å². The highest BCUT2D eigenvalue weighted by atomic mass is 16.5. The van der Waals surface area contributed by atoms with Crippen LogP contribution in [0.3, 0.4) is 0 Å². The highest BCUT2D eigenvalue weighted by Gasteiger charge is 2.39. The van der Waals surface area contributed by atoms with Crippen LogP contribution in [-0.4, -0.2) is 55.7 Å². The summed E-state index contributed by atoms with van der Waals surface area (Å²) in [5.41, 5.74) is 5.75. The molecule has 3 N–H and O–H groups in total. The zero-order valence-electron chi connectivity index (χ0n) is 9.75. The first-order valence-corrected chi connectivity index (χ1v) is 5.26. The molecule has 5 nitrogen and oxygen atoms in total. The summed E-state index contributed by atoms with van der Waals surface area (Å²) in [6.45, 7) is 6.58. The standard InChI is InChI=1S/C10H21N3O2/c1-8(9(14)12-4-5-15-3)13-6-10(2,11)7-13/h8H,4-7,11H2,1-3H3,(H,12,14). The topological polar surface area (TPSA) is 67.6 Å². The van der Waals surface area contributed by atoms with E-state index in [1.807, 2.05) is 13.8 Å². The smallest absolute Gasteiger partial charge is 0.237 e. The van der Waals surface area contributed by atoms with Gasteiger partial charge in [-0.3, -0.25) is 9.69 Å². The van der Waals surface area contributed by atoms with Crippen LogP contribution in [-0.2, 0) is 9.53 Å². The number of nitrogens with zero attached hydrogens (tertiary/aromatic N) is 1. The number of ether oxygens (including phenoxy) is 1. The van der Waals surface area contributed by atoms with E-state index in [4.69, 9.17) is 10.5 Å². The molecule has 1 aliphatic rings. The molecule has 1 fully saturated rings. The minimum Gasteiger partial charge on any atom is -0.383 e. The molecule has 0 aromatic rings. The predicted molar refractivity (Wildman–Crippen MR) is 58.5 cm³/mol. The molecule has 0 aliphatic carbocycles. The molecule has 5 heteroatoms. The molecule has 1 amide bonds. The van der Waals surface area contributed by atoms with Gasteiger partial charge in [-0.15, -0.1) is 0 Å². The summed E-state index contributed by atoms with van der Waals surface area (Å²) in [5, 5.41) is 2.81. The van der Waals surface area contributed by atoms with E-state index in [-0.39, 0.29) is 17.5 Å². The van der Waals surface area contributed by atoms with Crippen LogP contribution in [0.5, 0.6) is 0 Å². The van der Waals surface area contributed by atoms with Gasteiger partial charge in [-0.1, -0.05) is 0 Å². The second kappa shape index (κ2) is 4.92. The molecular formula is C10H21N3O2. The summed E-state index contributed by atoms with van der Waals surface area (Å²) in [5.74, 6) is 0.0440. The van der Waals surface area contributed by atoms with Crippen molar-refractivity contribution in [2.24, 2.45) is 5.73 Å². The summed E-state index contributed by atoms with van der Waals surface area (Å²) in [6.07, 6.45) is 0. The van der Waals surface area contributed by atoms with Gasteiger partial charge in [0.05, 0.1) is 12.6 Å². The first kappa shape index (κ1) is 12.4. The van der Waals surface area contributed by atoms with Crippen molar-refractivity contribution < 1.29 is 9.53 Å². The minimum atomic E-state index is -0.124. The third kappa shape index (κ3) is 3.44. The summed E-state index contributed by atoms with van der Waals surface area (Å²) in [7, 11) is 1.62. The number of nitrogens with one attached hydrogen (secondary N) is 1. The lowest BCUT2D eigenvalue weighted by molar-refractivity contribution is -0.128. The monoisotopic (exact) mass is 215 g/mol. The van der Waals surface area contributed by atoms with E-state index in [1.165, 1.54) is 0 Å². The first-order valence-electron chi connectivity index (χ1n) is 5.26. The van der Waals surface area contributed by atoms with E-state index >= 15 is 0 Å². The van der Waals surface area contributed by atoms with Gasteiger partial charge in [-0.05, 0) is 13.8 Å². The number of hydrogen-bond donors (Lipinski definition) is 2. The van der Waals surface area contributed by atoms with Gasteiger partial charge in [0.15, 0.2) is 0 Å². The van der Waals surface area contributed by atoms with Crippen molar-refractivity contribution >= 4 is 5.91 Å². The Hall–Kier alpha value is -0.650. The van der Waals surface area contributed by atoms with Gasteiger partial charge < -0.3 is 15.8 Å². The number of hydrogen-bond acceptors (Lipinski definition) is 4. The van der Waals surface area contributed by atoms with Crippen molar-refractivity contribution in [2.45, 2.75) is 25.4 Å². The van der Waals surface area contributed by atoms with Crippen molar-refractivity contribution in [1.29, 1.82) is 0 Å². The maximum absolute atomic E-state index is 11.6. The average Bonchev–Trinajstić information content (AvgIpc) is 2.13. The number of amides is 1. The lowest BCUT2D eigenvalue weighted by Gasteiger charge is -2.47. The molecule has 0 saturated carbocycles. The normalized spacial score (nSPS) is 21.9. The molecule has 0 aromatic carbocycles.